The van der Waals surface area contributed by atoms with Crippen LogP contribution in [0.25, 0.3) is 0 Å². The van der Waals surface area contributed by atoms with E-state index in [9.17, 15) is 8.42 Å². The van der Waals surface area contributed by atoms with Gasteiger partial charge in [0, 0.05) is 32.9 Å². The molecule has 0 fully saturated rings. The molecular formula is C26H24Cl2N2O3S. The maximum absolute atomic E-state index is 13.1. The van der Waals surface area contributed by atoms with Gasteiger partial charge in [-0.05, 0) is 79.4 Å². The van der Waals surface area contributed by atoms with Crippen molar-refractivity contribution in [2.45, 2.75) is 30.2 Å². The Morgan fingerprint density at radius 2 is 1.79 bits per heavy atom. The molecule has 0 bridgehead atoms. The average molecular weight is 515 g/mol. The van der Waals surface area contributed by atoms with E-state index in [-0.39, 0.29) is 22.8 Å². The van der Waals surface area contributed by atoms with Gasteiger partial charge in [0.25, 0.3) is 10.0 Å². The summed E-state index contributed by atoms with van der Waals surface area (Å²) in [5, 5.41) is 4.82. The molecular weight excluding hydrogens is 491 g/mol. The van der Waals surface area contributed by atoms with Gasteiger partial charge in [0.1, 0.15) is 5.75 Å². The van der Waals surface area contributed by atoms with Crippen LogP contribution in [-0.2, 0) is 10.0 Å². The lowest BCUT2D eigenvalue weighted by Gasteiger charge is -2.38. The Kier molecular flexibility index (Phi) is 6.23. The summed E-state index contributed by atoms with van der Waals surface area (Å²) in [6, 6.07) is 17.5. The first-order valence-electron chi connectivity index (χ1n) is 11.1. The first kappa shape index (κ1) is 23.1. The highest BCUT2D eigenvalue weighted by Gasteiger charge is 2.40. The first-order valence-corrected chi connectivity index (χ1v) is 13.4. The van der Waals surface area contributed by atoms with Crippen LogP contribution >= 0.6 is 23.2 Å². The molecule has 176 valence electrons. The van der Waals surface area contributed by atoms with Crippen LogP contribution < -0.4 is 14.8 Å². The SMILES string of the molecule is CCOc1ccc(NS(=O)(=O)c2ccc3c(c2)[C@H]2C=CC[C@H]2[C@@H](c2c(Cl)cccc2Cl)N3)cc1. The molecule has 34 heavy (non-hydrogen) atoms. The number of rotatable bonds is 6. The third kappa shape index (κ3) is 4.26. The highest BCUT2D eigenvalue weighted by Crippen LogP contribution is 2.52. The second kappa shape index (κ2) is 9.17. The molecule has 3 aromatic rings. The molecule has 1 aliphatic heterocycles. The number of benzene rings is 3. The number of anilines is 2. The summed E-state index contributed by atoms with van der Waals surface area (Å²) in [6.45, 7) is 2.45. The van der Waals surface area contributed by atoms with E-state index in [2.05, 4.69) is 22.2 Å². The van der Waals surface area contributed by atoms with E-state index in [1.807, 2.05) is 31.2 Å². The standard InChI is InChI=1S/C26H24Cl2N2O3S/c1-2-33-17-11-9-16(10-12-17)30-34(31,32)18-13-14-24-21(15-18)19-5-3-6-20(19)26(29-24)25-22(27)7-4-8-23(25)28/h3-5,7-15,19-20,26,29-30H,2,6H2,1H3/t19-,20+,26-/m0/s1. The van der Waals surface area contributed by atoms with Crippen molar-refractivity contribution >= 4 is 44.6 Å². The van der Waals surface area contributed by atoms with Crippen molar-refractivity contribution in [2.24, 2.45) is 5.92 Å². The Hall–Kier alpha value is -2.67. The number of hydrogen-bond acceptors (Lipinski definition) is 4. The van der Waals surface area contributed by atoms with Crippen LogP contribution in [0.2, 0.25) is 10.0 Å². The Morgan fingerprint density at radius 1 is 1.06 bits per heavy atom. The maximum Gasteiger partial charge on any atom is 0.261 e. The molecule has 0 saturated carbocycles. The molecule has 0 unspecified atom stereocenters. The van der Waals surface area contributed by atoms with Gasteiger partial charge in [-0.1, -0.05) is 41.4 Å². The highest BCUT2D eigenvalue weighted by atomic mass is 35.5. The van der Waals surface area contributed by atoms with Gasteiger partial charge in [0.2, 0.25) is 0 Å². The lowest BCUT2D eigenvalue weighted by Crippen LogP contribution is -2.29. The third-order valence-electron chi connectivity index (χ3n) is 6.37. The van der Waals surface area contributed by atoms with Crippen LogP contribution in [-0.4, -0.2) is 15.0 Å². The van der Waals surface area contributed by atoms with E-state index in [4.69, 9.17) is 27.9 Å². The Morgan fingerprint density at radius 3 is 2.50 bits per heavy atom. The van der Waals surface area contributed by atoms with E-state index in [0.29, 0.717) is 28.1 Å². The fourth-order valence-corrected chi connectivity index (χ4v) is 6.56. The number of sulfonamides is 1. The van der Waals surface area contributed by atoms with E-state index in [1.165, 1.54) is 0 Å². The fraction of sp³-hybridized carbons (Fsp3) is 0.231. The molecule has 5 rings (SSSR count). The zero-order chi connectivity index (χ0) is 23.9. The molecule has 0 amide bonds. The summed E-state index contributed by atoms with van der Waals surface area (Å²) in [5.74, 6) is 0.939. The molecule has 0 radical (unpaired) electrons. The van der Waals surface area contributed by atoms with Crippen LogP contribution in [0.4, 0.5) is 11.4 Å². The van der Waals surface area contributed by atoms with Crippen molar-refractivity contribution in [1.82, 2.24) is 0 Å². The average Bonchev–Trinajstić information content (AvgIpc) is 3.30. The van der Waals surface area contributed by atoms with Crippen molar-refractivity contribution in [3.63, 3.8) is 0 Å². The van der Waals surface area contributed by atoms with Gasteiger partial charge < -0.3 is 10.1 Å². The van der Waals surface area contributed by atoms with Crippen molar-refractivity contribution in [3.8, 4) is 5.75 Å². The minimum atomic E-state index is -3.76. The molecule has 5 nitrogen and oxygen atoms in total. The number of allylic oxidation sites excluding steroid dienone is 2. The predicted octanol–water partition coefficient (Wildman–Crippen LogP) is 7.02. The van der Waals surface area contributed by atoms with Gasteiger partial charge in [-0.3, -0.25) is 4.72 Å². The Bertz CT molecular complexity index is 1340. The summed E-state index contributed by atoms with van der Waals surface area (Å²) < 4.78 is 34.4. The summed E-state index contributed by atoms with van der Waals surface area (Å²) in [5.41, 5.74) is 3.19. The van der Waals surface area contributed by atoms with Crippen LogP contribution in [0.5, 0.6) is 5.75 Å². The summed E-state index contributed by atoms with van der Waals surface area (Å²) >= 11 is 13.1. The molecule has 3 aromatic carbocycles. The second-order valence-corrected chi connectivity index (χ2v) is 10.9. The molecule has 3 atom stereocenters. The van der Waals surface area contributed by atoms with Crippen molar-refractivity contribution in [1.29, 1.82) is 0 Å². The molecule has 2 aliphatic rings. The molecule has 1 heterocycles. The maximum atomic E-state index is 13.1. The minimum Gasteiger partial charge on any atom is -0.494 e. The molecule has 0 saturated heterocycles. The van der Waals surface area contributed by atoms with Gasteiger partial charge >= 0.3 is 0 Å². The van der Waals surface area contributed by atoms with E-state index >= 15 is 0 Å². The van der Waals surface area contributed by atoms with E-state index in [1.54, 1.807) is 36.4 Å². The normalized spacial score (nSPS) is 20.9. The van der Waals surface area contributed by atoms with Crippen molar-refractivity contribution in [3.05, 3.63) is 94.0 Å². The van der Waals surface area contributed by atoms with E-state index in [0.717, 1.165) is 23.2 Å². The monoisotopic (exact) mass is 514 g/mol. The van der Waals surface area contributed by atoms with Crippen LogP contribution in [0, 0.1) is 5.92 Å². The van der Waals surface area contributed by atoms with Gasteiger partial charge in [-0.2, -0.15) is 0 Å². The molecule has 0 aromatic heterocycles. The summed E-state index contributed by atoms with van der Waals surface area (Å²) in [4.78, 5) is 0.218. The number of ether oxygens (including phenoxy) is 1. The molecule has 0 spiro atoms. The summed E-state index contributed by atoms with van der Waals surface area (Å²) in [6.07, 6.45) is 5.15. The van der Waals surface area contributed by atoms with E-state index < -0.39 is 10.0 Å². The zero-order valence-electron chi connectivity index (χ0n) is 18.5. The highest BCUT2D eigenvalue weighted by molar-refractivity contribution is 7.92. The number of hydrogen-bond donors (Lipinski definition) is 2. The smallest absolute Gasteiger partial charge is 0.261 e. The number of fused-ring (bicyclic) bond motifs is 3. The van der Waals surface area contributed by atoms with Crippen LogP contribution in [0.1, 0.15) is 36.4 Å². The van der Waals surface area contributed by atoms with Gasteiger partial charge in [-0.25, -0.2) is 8.42 Å². The van der Waals surface area contributed by atoms with Crippen LogP contribution in [0.15, 0.2) is 77.7 Å². The minimum absolute atomic E-state index is 0.0641. The largest absolute Gasteiger partial charge is 0.494 e. The van der Waals surface area contributed by atoms with Gasteiger partial charge in [0.05, 0.1) is 17.5 Å². The third-order valence-corrected chi connectivity index (χ3v) is 8.41. The predicted molar refractivity (Wildman–Crippen MR) is 138 cm³/mol. The fourth-order valence-electron chi connectivity index (χ4n) is 4.83. The van der Waals surface area contributed by atoms with Crippen molar-refractivity contribution in [2.75, 3.05) is 16.6 Å². The molecule has 8 heteroatoms. The van der Waals surface area contributed by atoms with Crippen molar-refractivity contribution < 1.29 is 13.2 Å². The topological polar surface area (TPSA) is 67.4 Å². The summed E-state index contributed by atoms with van der Waals surface area (Å²) in [7, 11) is -3.76. The first-order chi connectivity index (χ1) is 16.4. The quantitative estimate of drug-likeness (QED) is 0.346. The lowest BCUT2D eigenvalue weighted by atomic mass is 9.77. The van der Waals surface area contributed by atoms with Crippen LogP contribution in [0.3, 0.4) is 0 Å². The number of halogens is 2. The van der Waals surface area contributed by atoms with Gasteiger partial charge in [0.15, 0.2) is 0 Å². The molecule has 1 aliphatic carbocycles. The van der Waals surface area contributed by atoms with Gasteiger partial charge in [-0.15, -0.1) is 0 Å². The Balaban J connectivity index is 1.46. The number of nitrogens with one attached hydrogen (secondary N) is 2. The molecule has 2 N–H and O–H groups in total. The Labute approximate surface area is 209 Å². The second-order valence-electron chi connectivity index (χ2n) is 8.42. The lowest BCUT2D eigenvalue weighted by molar-refractivity contribution is 0.340. The zero-order valence-corrected chi connectivity index (χ0v) is 20.8.